The minimum absolute atomic E-state index is 0.634. The molecule has 1 saturated carbocycles. The highest BCUT2D eigenvalue weighted by Gasteiger charge is 2.40. The molecule has 0 unspecified atom stereocenters. The Kier molecular flexibility index (Phi) is 5.86. The Hall–Kier alpha value is -0.380. The van der Waals surface area contributed by atoms with Crippen molar-refractivity contribution in [2.75, 3.05) is 38.2 Å². The van der Waals surface area contributed by atoms with E-state index in [-0.39, 0.29) is 0 Å². The first-order valence-electron chi connectivity index (χ1n) is 7.82. The van der Waals surface area contributed by atoms with E-state index in [2.05, 4.69) is 23.4 Å². The Morgan fingerprint density at radius 3 is 2.79 bits per heavy atom. The van der Waals surface area contributed by atoms with Crippen LogP contribution in [0.25, 0.3) is 0 Å². The highest BCUT2D eigenvalue weighted by Crippen LogP contribution is 2.45. The molecule has 4 heteroatoms. The van der Waals surface area contributed by atoms with Crippen LogP contribution in [0.15, 0.2) is 4.99 Å². The van der Waals surface area contributed by atoms with Crippen molar-refractivity contribution in [1.82, 2.24) is 10.2 Å². The van der Waals surface area contributed by atoms with Crippen molar-refractivity contribution in [1.29, 1.82) is 0 Å². The van der Waals surface area contributed by atoms with Crippen LogP contribution in [-0.2, 0) is 0 Å². The van der Waals surface area contributed by atoms with Gasteiger partial charge in [0.05, 0.1) is 0 Å². The summed E-state index contributed by atoms with van der Waals surface area (Å²) in [5.74, 6) is 2.37. The third-order valence-corrected chi connectivity index (χ3v) is 5.20. The van der Waals surface area contributed by atoms with Gasteiger partial charge < -0.3 is 10.2 Å². The number of thioether (sulfide) groups is 1. The summed E-state index contributed by atoms with van der Waals surface area (Å²) in [5, 5.41) is 3.48. The van der Waals surface area contributed by atoms with E-state index < -0.39 is 0 Å². The lowest BCUT2D eigenvalue weighted by atomic mass is 9.86. The van der Waals surface area contributed by atoms with Gasteiger partial charge in [0.25, 0.3) is 0 Å². The lowest BCUT2D eigenvalue weighted by Crippen LogP contribution is -2.41. The number of aliphatic imine (C=N–C) groups is 1. The van der Waals surface area contributed by atoms with Crippen molar-refractivity contribution in [2.24, 2.45) is 10.4 Å². The average molecular weight is 283 g/mol. The summed E-state index contributed by atoms with van der Waals surface area (Å²) in [5.41, 5.74) is 0.634. The third-order valence-electron chi connectivity index (χ3n) is 4.51. The molecule has 1 heterocycles. The molecule has 1 N–H and O–H groups in total. The van der Waals surface area contributed by atoms with Gasteiger partial charge in [0.1, 0.15) is 0 Å². The smallest absolute Gasteiger partial charge is 0.193 e. The van der Waals surface area contributed by atoms with Crippen molar-refractivity contribution >= 4 is 17.7 Å². The highest BCUT2D eigenvalue weighted by molar-refractivity contribution is 7.98. The molecule has 2 fully saturated rings. The van der Waals surface area contributed by atoms with Crippen LogP contribution in [0.3, 0.4) is 0 Å². The van der Waals surface area contributed by atoms with Crippen molar-refractivity contribution in [3.05, 3.63) is 0 Å². The van der Waals surface area contributed by atoms with Gasteiger partial charge in [-0.2, -0.15) is 11.8 Å². The maximum atomic E-state index is 4.81. The summed E-state index contributed by atoms with van der Waals surface area (Å²) in [6, 6.07) is 0. The Morgan fingerprint density at radius 1 is 1.32 bits per heavy atom. The number of nitrogens with one attached hydrogen (secondary N) is 1. The van der Waals surface area contributed by atoms with Crippen molar-refractivity contribution in [2.45, 2.75) is 45.4 Å². The molecule has 0 atom stereocenters. The Morgan fingerprint density at radius 2 is 2.11 bits per heavy atom. The molecule has 0 radical (unpaired) electrons. The van der Waals surface area contributed by atoms with Crippen LogP contribution < -0.4 is 5.32 Å². The second-order valence-electron chi connectivity index (χ2n) is 5.96. The highest BCUT2D eigenvalue weighted by atomic mass is 32.2. The topological polar surface area (TPSA) is 27.6 Å². The number of likely N-dealkylation sites (tertiary alicyclic amines) is 1. The quantitative estimate of drug-likeness (QED) is 0.477. The molecule has 19 heavy (non-hydrogen) atoms. The van der Waals surface area contributed by atoms with Crippen LogP contribution >= 0.6 is 11.8 Å². The molecule has 0 aromatic rings. The first-order valence-corrected chi connectivity index (χ1v) is 9.21. The van der Waals surface area contributed by atoms with Gasteiger partial charge in [-0.05, 0) is 50.0 Å². The fourth-order valence-electron chi connectivity index (χ4n) is 3.47. The van der Waals surface area contributed by atoms with E-state index in [1.807, 2.05) is 11.8 Å². The fraction of sp³-hybridized carbons (Fsp3) is 0.933. The molecule has 1 aliphatic carbocycles. The van der Waals surface area contributed by atoms with Crippen LogP contribution in [0.1, 0.15) is 45.4 Å². The maximum absolute atomic E-state index is 4.81. The summed E-state index contributed by atoms with van der Waals surface area (Å²) in [6.07, 6.45) is 10.5. The van der Waals surface area contributed by atoms with E-state index in [9.17, 15) is 0 Å². The molecule has 1 aliphatic heterocycles. The molecule has 110 valence electrons. The van der Waals surface area contributed by atoms with E-state index in [1.54, 1.807) is 0 Å². The van der Waals surface area contributed by atoms with Crippen LogP contribution in [0.5, 0.6) is 0 Å². The zero-order valence-electron chi connectivity index (χ0n) is 12.6. The molecule has 0 aromatic heterocycles. The van der Waals surface area contributed by atoms with Crippen molar-refractivity contribution in [3.63, 3.8) is 0 Å². The maximum Gasteiger partial charge on any atom is 0.193 e. The minimum atomic E-state index is 0.634. The molecule has 1 saturated heterocycles. The largest absolute Gasteiger partial charge is 0.357 e. The number of nitrogens with zero attached hydrogens (tertiary/aromatic N) is 2. The molecular formula is C15H29N3S. The lowest BCUT2D eigenvalue weighted by Gasteiger charge is -2.25. The van der Waals surface area contributed by atoms with Crippen LogP contribution in [0, 0.1) is 5.41 Å². The molecule has 0 aromatic carbocycles. The number of hydrogen-bond acceptors (Lipinski definition) is 2. The normalized spacial score (nSPS) is 22.4. The van der Waals surface area contributed by atoms with E-state index in [0.29, 0.717) is 5.41 Å². The minimum Gasteiger partial charge on any atom is -0.357 e. The first kappa shape index (κ1) is 15.0. The average Bonchev–Trinajstić information content (AvgIpc) is 3.04. The molecule has 0 amide bonds. The summed E-state index contributed by atoms with van der Waals surface area (Å²) >= 11 is 1.91. The Balaban J connectivity index is 1.88. The van der Waals surface area contributed by atoms with Crippen LogP contribution in [0.2, 0.25) is 0 Å². The van der Waals surface area contributed by atoms with E-state index in [1.165, 1.54) is 57.4 Å². The van der Waals surface area contributed by atoms with Crippen LogP contribution in [0.4, 0.5) is 0 Å². The van der Waals surface area contributed by atoms with Gasteiger partial charge in [0.2, 0.25) is 0 Å². The Labute approximate surface area is 122 Å². The predicted octanol–water partition coefficient (Wildman–Crippen LogP) is 2.97. The Bertz CT molecular complexity index is 298. The first-order chi connectivity index (χ1) is 9.29. The van der Waals surface area contributed by atoms with Gasteiger partial charge in [-0.3, -0.25) is 4.99 Å². The van der Waals surface area contributed by atoms with Crippen molar-refractivity contribution < 1.29 is 0 Å². The lowest BCUT2D eigenvalue weighted by molar-refractivity contribution is 0.309. The van der Waals surface area contributed by atoms with Gasteiger partial charge >= 0.3 is 0 Å². The standard InChI is InChI=1S/C15H29N3S/c1-3-16-14(17-10-6-12-19-2)18-11-9-15(13-18)7-4-5-8-15/h3-13H2,1-2H3,(H,16,17). The predicted molar refractivity (Wildman–Crippen MR) is 86.1 cm³/mol. The van der Waals surface area contributed by atoms with Gasteiger partial charge in [0.15, 0.2) is 5.96 Å². The fourth-order valence-corrected chi connectivity index (χ4v) is 3.89. The van der Waals surface area contributed by atoms with Gasteiger partial charge in [-0.15, -0.1) is 0 Å². The van der Waals surface area contributed by atoms with Gasteiger partial charge in [0, 0.05) is 26.2 Å². The van der Waals surface area contributed by atoms with E-state index in [4.69, 9.17) is 4.99 Å². The second-order valence-corrected chi connectivity index (χ2v) is 6.95. The van der Waals surface area contributed by atoms with Gasteiger partial charge in [-0.1, -0.05) is 12.8 Å². The molecule has 1 spiro atoms. The number of rotatable bonds is 5. The SMILES string of the molecule is CCNC(=NCCCSC)N1CCC2(CCCC2)C1. The van der Waals surface area contributed by atoms with Gasteiger partial charge in [-0.25, -0.2) is 0 Å². The third kappa shape index (κ3) is 4.04. The van der Waals surface area contributed by atoms with E-state index >= 15 is 0 Å². The molecular weight excluding hydrogens is 254 g/mol. The van der Waals surface area contributed by atoms with E-state index in [0.717, 1.165) is 19.0 Å². The van der Waals surface area contributed by atoms with Crippen molar-refractivity contribution in [3.8, 4) is 0 Å². The second kappa shape index (κ2) is 7.41. The monoisotopic (exact) mass is 283 g/mol. The molecule has 2 rings (SSSR count). The summed E-state index contributed by atoms with van der Waals surface area (Å²) in [6.45, 7) is 6.55. The summed E-state index contributed by atoms with van der Waals surface area (Å²) in [7, 11) is 0. The zero-order chi connectivity index (χ0) is 13.6. The summed E-state index contributed by atoms with van der Waals surface area (Å²) < 4.78 is 0. The molecule has 3 nitrogen and oxygen atoms in total. The zero-order valence-corrected chi connectivity index (χ0v) is 13.4. The van der Waals surface area contributed by atoms with Crippen LogP contribution in [-0.4, -0.2) is 49.0 Å². The number of guanidine groups is 1. The number of hydrogen-bond donors (Lipinski definition) is 1. The molecule has 2 aliphatic rings. The summed E-state index contributed by atoms with van der Waals surface area (Å²) in [4.78, 5) is 7.31. The molecule has 0 bridgehead atoms.